The summed E-state index contributed by atoms with van der Waals surface area (Å²) in [6, 6.07) is 0.616. The summed E-state index contributed by atoms with van der Waals surface area (Å²) < 4.78 is 0. The number of carbonyl (C=O) groups is 1. The Balaban J connectivity index is 4.06. The van der Waals surface area contributed by atoms with Gasteiger partial charge in [0.2, 0.25) is 5.91 Å². The van der Waals surface area contributed by atoms with Gasteiger partial charge in [-0.1, -0.05) is 20.8 Å². The van der Waals surface area contributed by atoms with Crippen molar-refractivity contribution in [2.75, 3.05) is 13.6 Å². The number of primary amides is 1. The van der Waals surface area contributed by atoms with Gasteiger partial charge in [-0.15, -0.1) is 0 Å². The minimum absolute atomic E-state index is 0.216. The predicted molar refractivity (Wildman–Crippen MR) is 68.3 cm³/mol. The molecule has 0 aromatic rings. The quantitative estimate of drug-likeness (QED) is 0.652. The van der Waals surface area contributed by atoms with E-state index in [1.165, 1.54) is 0 Å². The zero-order chi connectivity index (χ0) is 12.7. The summed E-state index contributed by atoms with van der Waals surface area (Å²) in [5.74, 6) is -0.258. The maximum absolute atomic E-state index is 11.2. The molecule has 16 heavy (non-hydrogen) atoms. The molecule has 0 aliphatic carbocycles. The minimum Gasteiger partial charge on any atom is -0.368 e. The minimum atomic E-state index is -0.258. The van der Waals surface area contributed by atoms with Crippen molar-refractivity contribution < 1.29 is 4.79 Å². The monoisotopic (exact) mass is 229 g/mol. The number of carbonyl (C=O) groups excluding carboxylic acids is 1. The molecule has 0 aliphatic heterocycles. The summed E-state index contributed by atoms with van der Waals surface area (Å²) in [7, 11) is 2.08. The van der Waals surface area contributed by atoms with Gasteiger partial charge in [-0.3, -0.25) is 4.79 Å². The molecule has 0 rings (SSSR count). The molecule has 3 N–H and O–H groups in total. The average Bonchev–Trinajstić information content (AvgIpc) is 2.21. The lowest BCUT2D eigenvalue weighted by molar-refractivity contribution is -0.120. The third-order valence-corrected chi connectivity index (χ3v) is 2.99. The summed E-state index contributed by atoms with van der Waals surface area (Å²) >= 11 is 0. The molecule has 4 heteroatoms. The Kier molecular flexibility index (Phi) is 7.34. The summed E-state index contributed by atoms with van der Waals surface area (Å²) in [6.45, 7) is 9.29. The van der Waals surface area contributed by atoms with Gasteiger partial charge in [0.15, 0.2) is 0 Å². The van der Waals surface area contributed by atoms with E-state index in [2.05, 4.69) is 31.1 Å². The van der Waals surface area contributed by atoms with Crippen molar-refractivity contribution in [1.82, 2.24) is 10.2 Å². The first-order valence-electron chi connectivity index (χ1n) is 6.14. The highest BCUT2D eigenvalue weighted by Crippen LogP contribution is 2.03. The first-order valence-corrected chi connectivity index (χ1v) is 6.14. The van der Waals surface area contributed by atoms with Gasteiger partial charge in [-0.05, 0) is 26.8 Å². The van der Waals surface area contributed by atoms with Gasteiger partial charge in [-0.2, -0.15) is 0 Å². The summed E-state index contributed by atoms with van der Waals surface area (Å²) in [5, 5.41) is 3.19. The van der Waals surface area contributed by atoms with Gasteiger partial charge >= 0.3 is 0 Å². The van der Waals surface area contributed by atoms with Crippen LogP contribution in [0.1, 0.15) is 40.5 Å². The zero-order valence-electron chi connectivity index (χ0n) is 11.3. The fourth-order valence-electron chi connectivity index (χ4n) is 1.57. The molecule has 0 aromatic heterocycles. The van der Waals surface area contributed by atoms with Crippen molar-refractivity contribution in [3.63, 3.8) is 0 Å². The topological polar surface area (TPSA) is 58.4 Å². The lowest BCUT2D eigenvalue weighted by Gasteiger charge is -2.26. The smallest absolute Gasteiger partial charge is 0.234 e. The van der Waals surface area contributed by atoms with Crippen molar-refractivity contribution >= 4 is 5.91 Å². The van der Waals surface area contributed by atoms with E-state index in [0.29, 0.717) is 6.04 Å². The predicted octanol–water partition coefficient (Wildman–Crippen LogP) is 0.959. The van der Waals surface area contributed by atoms with E-state index in [1.54, 1.807) is 0 Å². The van der Waals surface area contributed by atoms with Crippen LogP contribution in [0.2, 0.25) is 0 Å². The molecular formula is C12H27N3O. The average molecular weight is 229 g/mol. The molecule has 0 saturated carbocycles. The van der Waals surface area contributed by atoms with E-state index in [4.69, 9.17) is 5.73 Å². The molecule has 0 bridgehead atoms. The molecule has 1 amide bonds. The normalized spacial score (nSPS) is 15.4. The second-order valence-corrected chi connectivity index (χ2v) is 4.80. The molecule has 0 spiro atoms. The summed E-state index contributed by atoms with van der Waals surface area (Å²) in [6.07, 6.45) is 1.89. The standard InChI is InChI=1S/C12H27N3O/c1-6-10(4)15(5)8-7-11(12(13)16)14-9(2)3/h9-11,14H,6-8H2,1-5H3,(H2,13,16). The highest BCUT2D eigenvalue weighted by atomic mass is 16.1. The van der Waals surface area contributed by atoms with E-state index < -0.39 is 0 Å². The van der Waals surface area contributed by atoms with Gasteiger partial charge in [0.05, 0.1) is 6.04 Å². The van der Waals surface area contributed by atoms with Crippen LogP contribution in [0.25, 0.3) is 0 Å². The SMILES string of the molecule is CCC(C)N(C)CCC(NC(C)C)C(N)=O. The lowest BCUT2D eigenvalue weighted by atomic mass is 10.1. The molecule has 0 radical (unpaired) electrons. The molecular weight excluding hydrogens is 202 g/mol. The van der Waals surface area contributed by atoms with Gasteiger partial charge < -0.3 is 16.0 Å². The molecule has 0 fully saturated rings. The van der Waals surface area contributed by atoms with E-state index >= 15 is 0 Å². The first kappa shape index (κ1) is 15.4. The summed E-state index contributed by atoms with van der Waals surface area (Å²) in [5.41, 5.74) is 5.36. The number of hydrogen-bond donors (Lipinski definition) is 2. The van der Waals surface area contributed by atoms with Crippen molar-refractivity contribution in [2.24, 2.45) is 5.73 Å². The fourth-order valence-corrected chi connectivity index (χ4v) is 1.57. The molecule has 4 nitrogen and oxygen atoms in total. The van der Waals surface area contributed by atoms with E-state index in [-0.39, 0.29) is 18.0 Å². The Morgan fingerprint density at radius 3 is 2.31 bits per heavy atom. The molecule has 0 heterocycles. The Hall–Kier alpha value is -0.610. The number of nitrogens with two attached hydrogens (primary N) is 1. The molecule has 0 aliphatic rings. The number of nitrogens with one attached hydrogen (secondary N) is 1. The molecule has 96 valence electrons. The van der Waals surface area contributed by atoms with Crippen molar-refractivity contribution in [1.29, 1.82) is 0 Å². The lowest BCUT2D eigenvalue weighted by Crippen LogP contribution is -2.46. The Morgan fingerprint density at radius 2 is 1.94 bits per heavy atom. The second-order valence-electron chi connectivity index (χ2n) is 4.80. The van der Waals surface area contributed by atoms with Crippen molar-refractivity contribution in [3.05, 3.63) is 0 Å². The number of nitrogens with zero attached hydrogens (tertiary/aromatic N) is 1. The second kappa shape index (κ2) is 7.63. The number of amides is 1. The van der Waals surface area contributed by atoms with Crippen LogP contribution in [-0.4, -0.2) is 42.5 Å². The highest BCUT2D eigenvalue weighted by Gasteiger charge is 2.17. The molecule has 2 atom stereocenters. The maximum Gasteiger partial charge on any atom is 0.234 e. The van der Waals surface area contributed by atoms with Crippen LogP contribution in [0.3, 0.4) is 0 Å². The van der Waals surface area contributed by atoms with Gasteiger partial charge in [0, 0.05) is 18.6 Å². The van der Waals surface area contributed by atoms with Gasteiger partial charge in [0.25, 0.3) is 0 Å². The van der Waals surface area contributed by atoms with Crippen LogP contribution in [0.15, 0.2) is 0 Å². The first-order chi connectivity index (χ1) is 7.38. The van der Waals surface area contributed by atoms with Crippen LogP contribution in [0, 0.1) is 0 Å². The maximum atomic E-state index is 11.2. The molecule has 0 saturated heterocycles. The van der Waals surface area contributed by atoms with Gasteiger partial charge in [0.1, 0.15) is 0 Å². The Bertz CT molecular complexity index is 206. The van der Waals surface area contributed by atoms with E-state index in [1.807, 2.05) is 13.8 Å². The molecule has 0 aromatic carbocycles. The summed E-state index contributed by atoms with van der Waals surface area (Å²) in [4.78, 5) is 13.5. The fraction of sp³-hybridized carbons (Fsp3) is 0.917. The van der Waals surface area contributed by atoms with Crippen LogP contribution >= 0.6 is 0 Å². The van der Waals surface area contributed by atoms with Crippen LogP contribution < -0.4 is 11.1 Å². The van der Waals surface area contributed by atoms with Crippen LogP contribution in [-0.2, 0) is 4.79 Å². The number of hydrogen-bond acceptors (Lipinski definition) is 3. The van der Waals surface area contributed by atoms with E-state index in [9.17, 15) is 4.79 Å². The van der Waals surface area contributed by atoms with Crippen LogP contribution in [0.5, 0.6) is 0 Å². The Morgan fingerprint density at radius 1 is 1.38 bits per heavy atom. The highest BCUT2D eigenvalue weighted by molar-refractivity contribution is 5.79. The third kappa shape index (κ3) is 6.08. The van der Waals surface area contributed by atoms with Crippen molar-refractivity contribution in [2.45, 2.75) is 58.7 Å². The number of rotatable bonds is 8. The van der Waals surface area contributed by atoms with Crippen molar-refractivity contribution in [3.8, 4) is 0 Å². The van der Waals surface area contributed by atoms with Crippen LogP contribution in [0.4, 0.5) is 0 Å². The van der Waals surface area contributed by atoms with Gasteiger partial charge in [-0.25, -0.2) is 0 Å². The largest absolute Gasteiger partial charge is 0.368 e. The third-order valence-electron chi connectivity index (χ3n) is 2.99. The van der Waals surface area contributed by atoms with E-state index in [0.717, 1.165) is 19.4 Å². The molecule has 2 unspecified atom stereocenters. The Labute approximate surface area is 99.6 Å². The zero-order valence-corrected chi connectivity index (χ0v) is 11.3.